The predicted molar refractivity (Wildman–Crippen MR) is 188 cm³/mol. The van der Waals surface area contributed by atoms with Crippen LogP contribution < -0.4 is 18.8 Å². The monoisotopic (exact) mass is 686 g/mol. The van der Waals surface area contributed by atoms with Crippen LogP contribution >= 0.6 is 0 Å². The topological polar surface area (TPSA) is 88.7 Å². The Morgan fingerprint density at radius 1 is 0.680 bits per heavy atom. The number of hydrogen-bond donors (Lipinski definition) is 0. The van der Waals surface area contributed by atoms with Crippen molar-refractivity contribution in [1.29, 1.82) is 0 Å². The average Bonchev–Trinajstić information content (AvgIpc) is 3.78. The van der Waals surface area contributed by atoms with Crippen LogP contribution in [0.2, 0.25) is 0 Å². The van der Waals surface area contributed by atoms with Gasteiger partial charge in [0.2, 0.25) is 0 Å². The maximum atomic E-state index is 12.8. The fourth-order valence-electron chi connectivity index (χ4n) is 7.34. The lowest BCUT2D eigenvalue weighted by Crippen LogP contribution is -2.43. The number of rotatable bonds is 8. The van der Waals surface area contributed by atoms with Gasteiger partial charge in [-0.2, -0.15) is 0 Å². The van der Waals surface area contributed by atoms with E-state index in [0.29, 0.717) is 12.8 Å². The van der Waals surface area contributed by atoms with Crippen LogP contribution in [0, 0.1) is 10.8 Å². The van der Waals surface area contributed by atoms with Gasteiger partial charge in [0, 0.05) is 12.8 Å². The van der Waals surface area contributed by atoms with Crippen LogP contribution in [0.4, 0.5) is 0 Å². The average molecular weight is 687 g/mol. The number of carbonyl (C=O) groups excluding carboxylic acids is 2. The van der Waals surface area contributed by atoms with Crippen molar-refractivity contribution in [3.63, 3.8) is 0 Å². The molecule has 0 saturated heterocycles. The van der Waals surface area contributed by atoms with Crippen LogP contribution in [0.25, 0.3) is 0 Å². The van der Waals surface area contributed by atoms with E-state index in [1.165, 1.54) is 25.3 Å². The van der Waals surface area contributed by atoms with Gasteiger partial charge in [-0.1, -0.05) is 38.1 Å². The SMILES string of the molecule is CCC1CC(CC(C)(C)C(=O)OC)[n+]2ccn(c2)Oc2ccc(cc2)C(CC)CC(CC(C)(C)C(=O)OC)[n+]2ccn(c2)Oc2ccc1cc2. The molecule has 8 rings (SSSR count). The Morgan fingerprint density at radius 3 is 1.36 bits per heavy atom. The molecule has 4 unspecified atom stereocenters. The Kier molecular flexibility index (Phi) is 11.4. The first-order valence-corrected chi connectivity index (χ1v) is 17.8. The summed E-state index contributed by atoms with van der Waals surface area (Å²) in [5, 5.41) is 0. The molecule has 50 heavy (non-hydrogen) atoms. The molecule has 268 valence electrons. The molecule has 0 aliphatic carbocycles. The maximum absolute atomic E-state index is 12.8. The van der Waals surface area contributed by atoms with Gasteiger partial charge in [-0.3, -0.25) is 19.3 Å². The second-order valence-electron chi connectivity index (χ2n) is 14.9. The third kappa shape index (κ3) is 8.57. The van der Waals surface area contributed by atoms with Crippen LogP contribution in [0.15, 0.2) is 86.0 Å². The van der Waals surface area contributed by atoms with Gasteiger partial charge < -0.3 is 9.47 Å². The number of ether oxygens (including phenoxy) is 2. The second kappa shape index (κ2) is 15.5. The highest BCUT2D eigenvalue weighted by Crippen LogP contribution is 2.37. The van der Waals surface area contributed by atoms with Crippen LogP contribution in [0.5, 0.6) is 11.5 Å². The lowest BCUT2D eigenvalue weighted by molar-refractivity contribution is -0.726. The number of imidazole rings is 2. The quantitative estimate of drug-likeness (QED) is 0.143. The van der Waals surface area contributed by atoms with Gasteiger partial charge in [0.1, 0.15) is 24.5 Å². The fraction of sp³-hybridized carbons (Fsp3) is 0.500. The lowest BCUT2D eigenvalue weighted by Gasteiger charge is -2.28. The lowest BCUT2D eigenvalue weighted by atomic mass is 9.80. The Hall–Kier alpha value is -4.60. The zero-order valence-electron chi connectivity index (χ0n) is 30.9. The molecule has 6 heterocycles. The highest BCUT2D eigenvalue weighted by Gasteiger charge is 2.37. The molecule has 2 aromatic heterocycles. The molecule has 4 atom stereocenters. The van der Waals surface area contributed by atoms with Gasteiger partial charge in [0.15, 0.2) is 23.9 Å². The number of aromatic nitrogens is 4. The Bertz CT molecular complexity index is 1600. The van der Waals surface area contributed by atoms with Gasteiger partial charge in [0.25, 0.3) is 12.7 Å². The molecule has 2 aromatic carbocycles. The van der Waals surface area contributed by atoms with Crippen molar-refractivity contribution < 1.29 is 37.9 Å². The summed E-state index contributed by atoms with van der Waals surface area (Å²) in [7, 11) is 2.90. The molecule has 4 aromatic rings. The minimum absolute atomic E-state index is 0.00722. The number of hydrogen-bond acceptors (Lipinski definition) is 6. The van der Waals surface area contributed by atoms with Crippen molar-refractivity contribution in [2.24, 2.45) is 10.8 Å². The summed E-state index contributed by atoms with van der Waals surface area (Å²) >= 11 is 0. The van der Waals surface area contributed by atoms with Crippen molar-refractivity contribution >= 4 is 11.9 Å². The number of methoxy groups -OCH3 is 2. The first-order chi connectivity index (χ1) is 23.8. The van der Waals surface area contributed by atoms with Crippen molar-refractivity contribution in [2.45, 2.75) is 104 Å². The molecule has 8 bridgehead atoms. The van der Waals surface area contributed by atoms with Gasteiger partial charge >= 0.3 is 11.9 Å². The molecule has 0 fully saturated rings. The van der Waals surface area contributed by atoms with E-state index in [0.717, 1.165) is 37.2 Å². The van der Waals surface area contributed by atoms with E-state index in [9.17, 15) is 9.59 Å². The van der Waals surface area contributed by atoms with Crippen LogP contribution in [0.3, 0.4) is 0 Å². The van der Waals surface area contributed by atoms with E-state index in [-0.39, 0.29) is 35.9 Å². The zero-order valence-corrected chi connectivity index (χ0v) is 30.9. The van der Waals surface area contributed by atoms with Crippen molar-refractivity contribution in [3.05, 3.63) is 97.1 Å². The summed E-state index contributed by atoms with van der Waals surface area (Å²) in [6.45, 7) is 12.2. The molecule has 0 radical (unpaired) electrons. The van der Waals surface area contributed by atoms with Gasteiger partial charge in [-0.05, 0) is 110 Å². The Balaban J connectivity index is 1.53. The molecule has 4 aliphatic rings. The predicted octanol–water partition coefficient (Wildman–Crippen LogP) is 7.29. The Labute approximate surface area is 296 Å². The van der Waals surface area contributed by atoms with Crippen molar-refractivity contribution in [3.8, 4) is 11.5 Å². The van der Waals surface area contributed by atoms with Crippen LogP contribution in [-0.2, 0) is 19.1 Å². The third-order valence-electron chi connectivity index (χ3n) is 10.3. The summed E-state index contributed by atoms with van der Waals surface area (Å²) in [6, 6.07) is 16.6. The summed E-state index contributed by atoms with van der Waals surface area (Å²) in [4.78, 5) is 38.1. The van der Waals surface area contributed by atoms with Gasteiger partial charge in [0.05, 0.1) is 25.0 Å². The normalized spacial score (nSPS) is 19.8. The van der Waals surface area contributed by atoms with Crippen LogP contribution in [0.1, 0.15) is 115 Å². The van der Waals surface area contributed by atoms with Crippen molar-refractivity contribution in [2.75, 3.05) is 14.2 Å². The van der Waals surface area contributed by atoms with E-state index in [1.807, 2.05) is 89.4 Å². The Morgan fingerprint density at radius 2 is 1.04 bits per heavy atom. The summed E-state index contributed by atoms with van der Waals surface area (Å²) in [5.41, 5.74) is 1.06. The minimum atomic E-state index is -0.677. The smallest absolute Gasteiger partial charge is 0.311 e. The maximum Gasteiger partial charge on any atom is 0.311 e. The number of benzene rings is 2. The minimum Gasteiger partial charge on any atom is -0.469 e. The van der Waals surface area contributed by atoms with Crippen LogP contribution in [-0.4, -0.2) is 35.6 Å². The number of nitrogens with zero attached hydrogens (tertiary/aromatic N) is 4. The standard InChI is InChI=1S/C40H54N4O6/c1-9-29-23-33(25-39(3,4)37(45)47-7)41-19-21-43(27-41)50-36-17-13-32(14-18-36)30(10-2)24-34(26-40(5,6)38(46)48-8)42-20-22-44(28-42)49-35-15-11-31(29)12-16-35/h11-22,27-30,33-34H,9-10,23-26H2,1-8H3/q+2. The van der Waals surface area contributed by atoms with Crippen molar-refractivity contribution in [1.82, 2.24) is 9.46 Å². The highest BCUT2D eigenvalue weighted by molar-refractivity contribution is 5.76. The van der Waals surface area contributed by atoms with Gasteiger partial charge in [-0.15, -0.1) is 0 Å². The fourth-order valence-corrected chi connectivity index (χ4v) is 7.34. The molecule has 0 amide bonds. The number of esters is 2. The molecule has 4 aliphatic heterocycles. The molecule has 0 spiro atoms. The summed E-state index contributed by atoms with van der Waals surface area (Å²) in [5.74, 6) is 1.47. The number of carbonyl (C=O) groups is 2. The van der Waals surface area contributed by atoms with E-state index >= 15 is 0 Å². The molecular formula is C40H54N4O6+2. The molecule has 0 N–H and O–H groups in total. The van der Waals surface area contributed by atoms with E-state index in [1.54, 1.807) is 9.46 Å². The van der Waals surface area contributed by atoms with E-state index < -0.39 is 10.8 Å². The largest absolute Gasteiger partial charge is 0.469 e. The second-order valence-corrected chi connectivity index (χ2v) is 14.9. The first kappa shape index (κ1) is 36.7. The molecule has 10 nitrogen and oxygen atoms in total. The molecular weight excluding hydrogens is 632 g/mol. The summed E-state index contributed by atoms with van der Waals surface area (Å²) in [6.07, 6.45) is 16.4. The van der Waals surface area contributed by atoms with E-state index in [2.05, 4.69) is 47.2 Å². The zero-order chi connectivity index (χ0) is 36.1. The first-order valence-electron chi connectivity index (χ1n) is 17.8. The molecule has 0 saturated carbocycles. The van der Waals surface area contributed by atoms with E-state index in [4.69, 9.17) is 19.1 Å². The third-order valence-corrected chi connectivity index (χ3v) is 10.3. The summed E-state index contributed by atoms with van der Waals surface area (Å²) < 4.78 is 18.1. The van der Waals surface area contributed by atoms with Gasteiger partial charge in [-0.25, -0.2) is 9.13 Å². The molecule has 10 heteroatoms. The highest BCUT2D eigenvalue weighted by atomic mass is 16.7.